The minimum Gasteiger partial charge on any atom is -0.478 e. The van der Waals surface area contributed by atoms with Crippen molar-refractivity contribution in [1.29, 1.82) is 0 Å². The molecule has 2 aromatic carbocycles. The Balaban J connectivity index is 2.45. The molecule has 98 valence electrons. The summed E-state index contributed by atoms with van der Waals surface area (Å²) in [6.07, 6.45) is 0. The molecule has 0 heterocycles. The van der Waals surface area contributed by atoms with E-state index in [9.17, 15) is 4.79 Å². The highest BCUT2D eigenvalue weighted by atomic mass is 35.5. The fourth-order valence-electron chi connectivity index (χ4n) is 1.90. The summed E-state index contributed by atoms with van der Waals surface area (Å²) in [5.41, 5.74) is 1.87. The fraction of sp³-hybridized carbons (Fsp3) is 0.133. The zero-order chi connectivity index (χ0) is 14.0. The summed E-state index contributed by atoms with van der Waals surface area (Å²) in [6, 6.07) is 10.1. The van der Waals surface area contributed by atoms with Crippen LogP contribution in [0.3, 0.4) is 0 Å². The van der Waals surface area contributed by atoms with Crippen molar-refractivity contribution in [1.82, 2.24) is 0 Å². The molecule has 19 heavy (non-hydrogen) atoms. The first-order valence-electron chi connectivity index (χ1n) is 5.76. The van der Waals surface area contributed by atoms with E-state index in [2.05, 4.69) is 0 Å². The molecule has 0 aliphatic carbocycles. The number of halogens is 1. The lowest BCUT2D eigenvalue weighted by atomic mass is 10.1. The maximum atomic E-state index is 11.1. The number of aryl methyl sites for hydroxylation is 2. The van der Waals surface area contributed by atoms with Gasteiger partial charge in [0.05, 0.1) is 0 Å². The molecule has 0 spiro atoms. The van der Waals surface area contributed by atoms with Crippen LogP contribution < -0.4 is 4.74 Å². The van der Waals surface area contributed by atoms with Crippen LogP contribution in [0, 0.1) is 13.8 Å². The molecule has 0 aromatic heterocycles. The zero-order valence-electron chi connectivity index (χ0n) is 10.6. The van der Waals surface area contributed by atoms with Crippen LogP contribution >= 0.6 is 11.6 Å². The van der Waals surface area contributed by atoms with Gasteiger partial charge >= 0.3 is 5.97 Å². The van der Waals surface area contributed by atoms with Crippen molar-refractivity contribution < 1.29 is 14.6 Å². The Hall–Kier alpha value is -2.00. The molecule has 0 bridgehead atoms. The lowest BCUT2D eigenvalue weighted by Gasteiger charge is -2.13. The van der Waals surface area contributed by atoms with Gasteiger partial charge in [-0.1, -0.05) is 23.7 Å². The number of carbonyl (C=O) groups is 1. The minimum atomic E-state index is -1.01. The van der Waals surface area contributed by atoms with Gasteiger partial charge in [-0.2, -0.15) is 0 Å². The van der Waals surface area contributed by atoms with Crippen LogP contribution in [-0.4, -0.2) is 11.1 Å². The summed E-state index contributed by atoms with van der Waals surface area (Å²) in [5.74, 6) is -0.0542. The van der Waals surface area contributed by atoms with Gasteiger partial charge in [0.2, 0.25) is 0 Å². The van der Waals surface area contributed by atoms with Crippen LogP contribution in [0.1, 0.15) is 21.5 Å². The number of hydrogen-bond acceptors (Lipinski definition) is 2. The van der Waals surface area contributed by atoms with Crippen molar-refractivity contribution in [3.05, 3.63) is 58.1 Å². The number of carboxylic acid groups (broad SMARTS) is 1. The summed E-state index contributed by atoms with van der Waals surface area (Å²) in [7, 11) is 0. The van der Waals surface area contributed by atoms with E-state index in [1.807, 2.05) is 13.8 Å². The lowest BCUT2D eigenvalue weighted by Crippen LogP contribution is -2.01. The number of carboxylic acids is 1. The van der Waals surface area contributed by atoms with E-state index in [0.717, 1.165) is 11.1 Å². The Bertz CT molecular complexity index is 612. The molecule has 0 saturated heterocycles. The predicted octanol–water partition coefficient (Wildman–Crippen LogP) is 4.45. The Labute approximate surface area is 116 Å². The number of benzene rings is 2. The summed E-state index contributed by atoms with van der Waals surface area (Å²) >= 11 is 5.96. The van der Waals surface area contributed by atoms with Crippen LogP contribution in [0.5, 0.6) is 11.5 Å². The molecule has 1 N–H and O–H groups in total. The van der Waals surface area contributed by atoms with Gasteiger partial charge in [0.1, 0.15) is 17.1 Å². The van der Waals surface area contributed by atoms with Gasteiger partial charge in [0.15, 0.2) is 0 Å². The quantitative estimate of drug-likeness (QED) is 0.901. The normalized spacial score (nSPS) is 10.3. The van der Waals surface area contributed by atoms with Crippen LogP contribution in [0.2, 0.25) is 5.02 Å². The average molecular weight is 277 g/mol. The number of hydrogen-bond donors (Lipinski definition) is 1. The minimum absolute atomic E-state index is 0.135. The zero-order valence-corrected chi connectivity index (χ0v) is 11.4. The van der Waals surface area contributed by atoms with Gasteiger partial charge in [-0.05, 0) is 49.2 Å². The Kier molecular flexibility index (Phi) is 3.76. The van der Waals surface area contributed by atoms with Crippen molar-refractivity contribution in [2.75, 3.05) is 0 Å². The van der Waals surface area contributed by atoms with Crippen molar-refractivity contribution >= 4 is 17.6 Å². The molecule has 2 rings (SSSR count). The third-order valence-electron chi connectivity index (χ3n) is 2.75. The first-order chi connectivity index (χ1) is 8.99. The number of rotatable bonds is 3. The van der Waals surface area contributed by atoms with Gasteiger partial charge in [0, 0.05) is 5.02 Å². The predicted molar refractivity (Wildman–Crippen MR) is 74.4 cm³/mol. The molecule has 0 unspecified atom stereocenters. The third kappa shape index (κ3) is 2.88. The highest BCUT2D eigenvalue weighted by Gasteiger charge is 2.13. The molecular formula is C15H13ClO3. The van der Waals surface area contributed by atoms with E-state index < -0.39 is 5.97 Å². The largest absolute Gasteiger partial charge is 0.478 e. The van der Waals surface area contributed by atoms with Crippen molar-refractivity contribution in [3.8, 4) is 11.5 Å². The first kappa shape index (κ1) is 13.4. The molecule has 0 aliphatic rings. The molecule has 0 saturated carbocycles. The van der Waals surface area contributed by atoms with Gasteiger partial charge < -0.3 is 9.84 Å². The molecule has 3 nitrogen and oxygen atoms in total. The van der Waals surface area contributed by atoms with Crippen LogP contribution in [0.25, 0.3) is 0 Å². The molecule has 0 atom stereocenters. The SMILES string of the molecule is Cc1cc(Cl)cc(C)c1Oc1ccccc1C(=O)O. The third-order valence-corrected chi connectivity index (χ3v) is 2.97. The second-order valence-corrected chi connectivity index (χ2v) is 4.71. The Morgan fingerprint density at radius 1 is 1.16 bits per heavy atom. The van der Waals surface area contributed by atoms with Crippen LogP contribution in [-0.2, 0) is 0 Å². The van der Waals surface area contributed by atoms with E-state index in [1.165, 1.54) is 6.07 Å². The molecular weight excluding hydrogens is 264 g/mol. The first-order valence-corrected chi connectivity index (χ1v) is 6.13. The van der Waals surface area contributed by atoms with E-state index in [0.29, 0.717) is 16.5 Å². The molecule has 0 fully saturated rings. The lowest BCUT2D eigenvalue weighted by molar-refractivity contribution is 0.0694. The molecule has 2 aromatic rings. The molecule has 0 radical (unpaired) electrons. The van der Waals surface area contributed by atoms with E-state index >= 15 is 0 Å². The summed E-state index contributed by atoms with van der Waals surface area (Å²) in [4.78, 5) is 11.1. The van der Waals surface area contributed by atoms with Crippen molar-refractivity contribution in [3.63, 3.8) is 0 Å². The summed E-state index contributed by atoms with van der Waals surface area (Å²) in [5, 5.41) is 9.76. The monoisotopic (exact) mass is 276 g/mol. The van der Waals surface area contributed by atoms with Crippen molar-refractivity contribution in [2.45, 2.75) is 13.8 Å². The standard InChI is InChI=1S/C15H13ClO3/c1-9-7-11(16)8-10(2)14(9)19-13-6-4-3-5-12(13)15(17)18/h3-8H,1-2H3,(H,17,18). The average Bonchev–Trinajstić information content (AvgIpc) is 2.34. The summed E-state index contributed by atoms with van der Waals surface area (Å²) < 4.78 is 5.75. The summed E-state index contributed by atoms with van der Waals surface area (Å²) in [6.45, 7) is 3.75. The maximum Gasteiger partial charge on any atom is 0.339 e. The van der Waals surface area contributed by atoms with E-state index in [1.54, 1.807) is 30.3 Å². The Morgan fingerprint density at radius 3 is 2.32 bits per heavy atom. The van der Waals surface area contributed by atoms with Crippen LogP contribution in [0.4, 0.5) is 0 Å². The van der Waals surface area contributed by atoms with Gasteiger partial charge in [-0.15, -0.1) is 0 Å². The Morgan fingerprint density at radius 2 is 1.74 bits per heavy atom. The molecule has 4 heteroatoms. The molecule has 0 amide bonds. The number of aromatic carboxylic acids is 1. The van der Waals surface area contributed by atoms with E-state index in [-0.39, 0.29) is 5.56 Å². The maximum absolute atomic E-state index is 11.1. The second-order valence-electron chi connectivity index (χ2n) is 4.27. The smallest absolute Gasteiger partial charge is 0.339 e. The second kappa shape index (κ2) is 5.33. The van der Waals surface area contributed by atoms with Crippen LogP contribution in [0.15, 0.2) is 36.4 Å². The van der Waals surface area contributed by atoms with Gasteiger partial charge in [-0.25, -0.2) is 4.79 Å². The van der Waals surface area contributed by atoms with Gasteiger partial charge in [0.25, 0.3) is 0 Å². The highest BCUT2D eigenvalue weighted by molar-refractivity contribution is 6.30. The number of ether oxygens (including phenoxy) is 1. The van der Waals surface area contributed by atoms with Gasteiger partial charge in [-0.3, -0.25) is 0 Å². The highest BCUT2D eigenvalue weighted by Crippen LogP contribution is 2.32. The van der Waals surface area contributed by atoms with Crippen molar-refractivity contribution in [2.24, 2.45) is 0 Å². The topological polar surface area (TPSA) is 46.5 Å². The fourth-order valence-corrected chi connectivity index (χ4v) is 2.23. The molecule has 0 aliphatic heterocycles. The van der Waals surface area contributed by atoms with E-state index in [4.69, 9.17) is 21.4 Å². The number of para-hydroxylation sites is 1.